The molecular weight excluding hydrogens is 150 g/mol. The fourth-order valence-electron chi connectivity index (χ4n) is 0.738. The monoisotopic (exact) mass is 165 g/mol. The van der Waals surface area contributed by atoms with Gasteiger partial charge in [0.1, 0.15) is 0 Å². The molecule has 0 aromatic rings. The topological polar surface area (TPSA) is 20.3 Å². The number of allylic oxidation sites excluding steroid dienone is 1. The summed E-state index contributed by atoms with van der Waals surface area (Å²) in [6.07, 6.45) is 6.86. The van der Waals surface area contributed by atoms with E-state index in [9.17, 15) is 4.79 Å². The molecule has 2 nitrogen and oxygen atoms in total. The summed E-state index contributed by atoms with van der Waals surface area (Å²) >= 11 is 0. The van der Waals surface area contributed by atoms with Gasteiger partial charge in [0.15, 0.2) is 5.78 Å². The summed E-state index contributed by atoms with van der Waals surface area (Å²) in [5.41, 5.74) is 0. The van der Waals surface area contributed by atoms with Gasteiger partial charge in [-0.15, -0.1) is 13.2 Å². The molecule has 0 spiro atoms. The minimum absolute atomic E-state index is 0.0492. The summed E-state index contributed by atoms with van der Waals surface area (Å²) in [6.45, 7) is 10.2. The molecule has 0 atom stereocenters. The lowest BCUT2D eigenvalue weighted by molar-refractivity contribution is -0.112. The molecule has 0 bridgehead atoms. The van der Waals surface area contributed by atoms with Crippen molar-refractivity contribution in [3.8, 4) is 0 Å². The van der Waals surface area contributed by atoms with Gasteiger partial charge in [-0.3, -0.25) is 4.79 Å². The number of carbonyl (C=O) groups excluding carboxylic acids is 1. The Morgan fingerprint density at radius 1 is 1.33 bits per heavy atom. The molecule has 0 aliphatic heterocycles. The van der Waals surface area contributed by atoms with Crippen molar-refractivity contribution in [2.75, 3.05) is 13.1 Å². The quantitative estimate of drug-likeness (QED) is 0.441. The van der Waals surface area contributed by atoms with E-state index in [1.54, 1.807) is 18.4 Å². The Bertz CT molecular complexity index is 184. The summed E-state index contributed by atoms with van der Waals surface area (Å²) in [4.78, 5) is 12.5. The van der Waals surface area contributed by atoms with Gasteiger partial charge in [-0.1, -0.05) is 12.2 Å². The smallest absolute Gasteiger partial charge is 0.154 e. The average Bonchev–Trinajstić information content (AvgIpc) is 2.01. The molecule has 0 saturated heterocycles. The molecule has 0 heterocycles. The van der Waals surface area contributed by atoms with Gasteiger partial charge in [-0.05, 0) is 13.0 Å². The number of carbonyl (C=O) groups is 1. The fraction of sp³-hybridized carbons (Fsp3) is 0.300. The van der Waals surface area contributed by atoms with Crippen LogP contribution in [0.25, 0.3) is 0 Å². The summed E-state index contributed by atoms with van der Waals surface area (Å²) in [7, 11) is 0. The third kappa shape index (κ3) is 5.47. The molecule has 0 N–H and O–H groups in total. The Labute approximate surface area is 73.9 Å². The molecule has 0 aromatic carbocycles. The second kappa shape index (κ2) is 6.40. The zero-order valence-corrected chi connectivity index (χ0v) is 7.49. The minimum atomic E-state index is 0.0492. The summed E-state index contributed by atoms with van der Waals surface area (Å²) in [5, 5.41) is 0. The number of hydrogen-bond donors (Lipinski definition) is 0. The summed E-state index contributed by atoms with van der Waals surface area (Å²) in [5.74, 6) is 0.0492. The maximum Gasteiger partial charge on any atom is 0.154 e. The van der Waals surface area contributed by atoms with Crippen LogP contribution in [-0.2, 0) is 4.79 Å². The van der Waals surface area contributed by atoms with Gasteiger partial charge in [-0.25, -0.2) is 0 Å². The van der Waals surface area contributed by atoms with E-state index >= 15 is 0 Å². The lowest BCUT2D eigenvalue weighted by Gasteiger charge is -2.14. The Balaban J connectivity index is 4.00. The van der Waals surface area contributed by atoms with Crippen LogP contribution in [0.5, 0.6) is 0 Å². The third-order valence-electron chi connectivity index (χ3n) is 1.25. The predicted molar refractivity (Wildman–Crippen MR) is 51.8 cm³/mol. The van der Waals surface area contributed by atoms with Crippen LogP contribution < -0.4 is 0 Å². The first-order valence-electron chi connectivity index (χ1n) is 3.85. The highest BCUT2D eigenvalue weighted by molar-refractivity contribution is 5.87. The van der Waals surface area contributed by atoms with Crippen LogP contribution in [0.1, 0.15) is 6.92 Å². The van der Waals surface area contributed by atoms with Crippen molar-refractivity contribution in [1.82, 2.24) is 4.90 Å². The summed E-state index contributed by atoms with van der Waals surface area (Å²) < 4.78 is 0. The van der Waals surface area contributed by atoms with Crippen molar-refractivity contribution >= 4 is 5.78 Å². The standard InChI is InChI=1S/C10H15NO/c1-4-7-11(8-5-2)9-6-10(3)12/h4-6,9H,1-2,7-8H2,3H3. The van der Waals surface area contributed by atoms with Gasteiger partial charge in [0.05, 0.1) is 0 Å². The molecule has 0 amide bonds. The Kier molecular flexibility index (Phi) is 5.70. The van der Waals surface area contributed by atoms with Crippen LogP contribution in [0, 0.1) is 0 Å². The lowest BCUT2D eigenvalue weighted by atomic mass is 10.4. The van der Waals surface area contributed by atoms with E-state index in [2.05, 4.69) is 13.2 Å². The van der Waals surface area contributed by atoms with Crippen molar-refractivity contribution in [2.45, 2.75) is 6.92 Å². The van der Waals surface area contributed by atoms with Gasteiger partial charge < -0.3 is 4.90 Å². The van der Waals surface area contributed by atoms with Gasteiger partial charge in [0, 0.05) is 19.3 Å². The molecule has 0 fully saturated rings. The van der Waals surface area contributed by atoms with Crippen molar-refractivity contribution in [1.29, 1.82) is 0 Å². The SMILES string of the molecule is C=CCN(C=CC(C)=O)CC=C. The number of nitrogens with zero attached hydrogens (tertiary/aromatic N) is 1. The van der Waals surface area contributed by atoms with E-state index in [0.717, 1.165) is 13.1 Å². The van der Waals surface area contributed by atoms with Crippen molar-refractivity contribution in [3.05, 3.63) is 37.6 Å². The molecule has 0 radical (unpaired) electrons. The highest BCUT2D eigenvalue weighted by Crippen LogP contribution is 1.90. The maximum absolute atomic E-state index is 10.6. The molecule has 0 aliphatic carbocycles. The molecule has 2 heteroatoms. The van der Waals surface area contributed by atoms with E-state index in [1.807, 2.05) is 4.90 Å². The van der Waals surface area contributed by atoms with E-state index in [-0.39, 0.29) is 5.78 Å². The van der Waals surface area contributed by atoms with Crippen molar-refractivity contribution in [3.63, 3.8) is 0 Å². The number of rotatable bonds is 6. The zero-order valence-electron chi connectivity index (χ0n) is 7.49. The van der Waals surface area contributed by atoms with Gasteiger partial charge in [0.2, 0.25) is 0 Å². The Morgan fingerprint density at radius 3 is 2.17 bits per heavy atom. The van der Waals surface area contributed by atoms with Crippen molar-refractivity contribution < 1.29 is 4.79 Å². The average molecular weight is 165 g/mol. The largest absolute Gasteiger partial charge is 0.370 e. The second-order valence-electron chi connectivity index (χ2n) is 2.46. The molecule has 0 rings (SSSR count). The maximum atomic E-state index is 10.6. The lowest BCUT2D eigenvalue weighted by Crippen LogP contribution is -2.17. The normalized spacial score (nSPS) is 9.75. The van der Waals surface area contributed by atoms with Crippen LogP contribution in [0.15, 0.2) is 37.6 Å². The molecule has 0 unspecified atom stereocenters. The van der Waals surface area contributed by atoms with Gasteiger partial charge >= 0.3 is 0 Å². The Morgan fingerprint density at radius 2 is 1.83 bits per heavy atom. The highest BCUT2D eigenvalue weighted by Gasteiger charge is 1.92. The van der Waals surface area contributed by atoms with Gasteiger partial charge in [-0.2, -0.15) is 0 Å². The second-order valence-corrected chi connectivity index (χ2v) is 2.46. The van der Waals surface area contributed by atoms with Crippen LogP contribution in [-0.4, -0.2) is 23.8 Å². The number of ketones is 1. The predicted octanol–water partition coefficient (Wildman–Crippen LogP) is 1.76. The summed E-state index contributed by atoms with van der Waals surface area (Å²) in [6, 6.07) is 0. The molecular formula is C10H15NO. The van der Waals surface area contributed by atoms with E-state index < -0.39 is 0 Å². The minimum Gasteiger partial charge on any atom is -0.370 e. The Hall–Kier alpha value is -1.31. The molecule has 0 aromatic heterocycles. The van der Waals surface area contributed by atoms with Crippen LogP contribution >= 0.6 is 0 Å². The van der Waals surface area contributed by atoms with Crippen LogP contribution in [0.2, 0.25) is 0 Å². The van der Waals surface area contributed by atoms with Gasteiger partial charge in [0.25, 0.3) is 0 Å². The van der Waals surface area contributed by atoms with E-state index in [1.165, 1.54) is 13.0 Å². The first-order chi connectivity index (χ1) is 5.70. The first-order valence-corrected chi connectivity index (χ1v) is 3.85. The fourth-order valence-corrected chi connectivity index (χ4v) is 0.738. The highest BCUT2D eigenvalue weighted by atomic mass is 16.1. The van der Waals surface area contributed by atoms with Crippen molar-refractivity contribution in [2.24, 2.45) is 0 Å². The van der Waals surface area contributed by atoms with Crippen LogP contribution in [0.3, 0.4) is 0 Å². The third-order valence-corrected chi connectivity index (χ3v) is 1.25. The van der Waals surface area contributed by atoms with Crippen LogP contribution in [0.4, 0.5) is 0 Å². The molecule has 0 saturated carbocycles. The molecule has 66 valence electrons. The van der Waals surface area contributed by atoms with E-state index in [4.69, 9.17) is 0 Å². The first kappa shape index (κ1) is 10.7. The number of hydrogen-bond acceptors (Lipinski definition) is 2. The zero-order chi connectivity index (χ0) is 9.40. The van der Waals surface area contributed by atoms with E-state index in [0.29, 0.717) is 0 Å². The molecule has 12 heavy (non-hydrogen) atoms. The molecule has 0 aliphatic rings.